The highest BCUT2D eigenvalue weighted by atomic mass is 19.3. The normalized spacial score (nSPS) is 23.7. The maximum absolute atomic E-state index is 11.8. The van der Waals surface area contributed by atoms with Crippen molar-refractivity contribution >= 4 is 11.9 Å². The molecule has 1 fully saturated rings. The standard InChI is InChI=1S/C11H17F2NO4/c1-7-4-14(5-8(7)11(16)17)10(15)2-3-18-6-9(12)13/h7-9H,2-6H2,1H3,(H,16,17). The summed E-state index contributed by atoms with van der Waals surface area (Å²) in [6, 6.07) is 0. The van der Waals surface area contributed by atoms with Gasteiger partial charge in [0.05, 0.1) is 18.9 Å². The molecular weight excluding hydrogens is 248 g/mol. The molecule has 0 aromatic carbocycles. The van der Waals surface area contributed by atoms with Crippen LogP contribution < -0.4 is 0 Å². The molecule has 5 nitrogen and oxygen atoms in total. The second-order valence-electron chi connectivity index (χ2n) is 4.44. The number of amides is 1. The summed E-state index contributed by atoms with van der Waals surface area (Å²) in [5.74, 6) is -1.80. The average molecular weight is 265 g/mol. The Kier molecular flexibility index (Phi) is 5.46. The molecule has 2 unspecified atom stereocenters. The van der Waals surface area contributed by atoms with Crippen LogP contribution in [0.4, 0.5) is 8.78 Å². The number of halogens is 2. The molecule has 1 N–H and O–H groups in total. The van der Waals surface area contributed by atoms with E-state index >= 15 is 0 Å². The van der Waals surface area contributed by atoms with Crippen LogP contribution in [0.25, 0.3) is 0 Å². The van der Waals surface area contributed by atoms with E-state index in [1.165, 1.54) is 4.90 Å². The van der Waals surface area contributed by atoms with Crippen LogP contribution in [0.5, 0.6) is 0 Å². The Morgan fingerprint density at radius 3 is 2.61 bits per heavy atom. The van der Waals surface area contributed by atoms with Gasteiger partial charge in [-0.15, -0.1) is 0 Å². The van der Waals surface area contributed by atoms with Crippen LogP contribution in [-0.2, 0) is 14.3 Å². The van der Waals surface area contributed by atoms with Gasteiger partial charge in [0.25, 0.3) is 6.43 Å². The van der Waals surface area contributed by atoms with Crippen molar-refractivity contribution in [1.29, 1.82) is 0 Å². The van der Waals surface area contributed by atoms with Crippen molar-refractivity contribution in [3.05, 3.63) is 0 Å². The van der Waals surface area contributed by atoms with Gasteiger partial charge in [-0.05, 0) is 5.92 Å². The lowest BCUT2D eigenvalue weighted by molar-refractivity contribution is -0.142. The topological polar surface area (TPSA) is 66.8 Å². The van der Waals surface area contributed by atoms with Gasteiger partial charge in [0, 0.05) is 13.1 Å². The number of likely N-dealkylation sites (tertiary alicyclic amines) is 1. The van der Waals surface area contributed by atoms with E-state index in [4.69, 9.17) is 5.11 Å². The highest BCUT2D eigenvalue weighted by Crippen LogP contribution is 2.23. The minimum absolute atomic E-state index is 0.00573. The number of alkyl halides is 2. The quantitative estimate of drug-likeness (QED) is 0.723. The highest BCUT2D eigenvalue weighted by molar-refractivity contribution is 5.79. The number of rotatable bonds is 6. The summed E-state index contributed by atoms with van der Waals surface area (Å²) in [7, 11) is 0. The second kappa shape index (κ2) is 6.63. The van der Waals surface area contributed by atoms with E-state index in [-0.39, 0.29) is 31.4 Å². The van der Waals surface area contributed by atoms with E-state index in [1.807, 2.05) is 0 Å². The fourth-order valence-electron chi connectivity index (χ4n) is 1.98. The zero-order valence-corrected chi connectivity index (χ0v) is 10.1. The van der Waals surface area contributed by atoms with Crippen LogP contribution in [0.1, 0.15) is 13.3 Å². The summed E-state index contributed by atoms with van der Waals surface area (Å²) in [6.07, 6.45) is -2.53. The summed E-state index contributed by atoms with van der Waals surface area (Å²) >= 11 is 0. The van der Waals surface area contributed by atoms with Crippen molar-refractivity contribution in [3.63, 3.8) is 0 Å². The van der Waals surface area contributed by atoms with E-state index in [0.717, 1.165) is 0 Å². The number of carbonyl (C=O) groups is 2. The Bertz CT molecular complexity index is 311. The molecule has 1 aliphatic heterocycles. The van der Waals surface area contributed by atoms with E-state index < -0.39 is 24.9 Å². The third kappa shape index (κ3) is 4.21. The van der Waals surface area contributed by atoms with Crippen molar-refractivity contribution < 1.29 is 28.2 Å². The summed E-state index contributed by atoms with van der Waals surface area (Å²) in [4.78, 5) is 24.0. The molecule has 0 radical (unpaired) electrons. The minimum atomic E-state index is -2.54. The molecule has 0 saturated carbocycles. The second-order valence-corrected chi connectivity index (χ2v) is 4.44. The molecular formula is C11H17F2NO4. The van der Waals surface area contributed by atoms with Gasteiger partial charge in [0.1, 0.15) is 6.61 Å². The van der Waals surface area contributed by atoms with Crippen LogP contribution in [0.15, 0.2) is 0 Å². The Morgan fingerprint density at radius 1 is 1.44 bits per heavy atom. The SMILES string of the molecule is CC1CN(C(=O)CCOCC(F)F)CC1C(=O)O. The third-order valence-electron chi connectivity index (χ3n) is 2.99. The number of carbonyl (C=O) groups excluding carboxylic acids is 1. The third-order valence-corrected chi connectivity index (χ3v) is 2.99. The van der Waals surface area contributed by atoms with Crippen molar-refractivity contribution in [2.45, 2.75) is 19.8 Å². The zero-order chi connectivity index (χ0) is 13.7. The predicted molar refractivity (Wildman–Crippen MR) is 58.3 cm³/mol. The van der Waals surface area contributed by atoms with Crippen LogP contribution in [0.3, 0.4) is 0 Å². The smallest absolute Gasteiger partial charge is 0.308 e. The van der Waals surface area contributed by atoms with Crippen LogP contribution >= 0.6 is 0 Å². The molecule has 0 aromatic heterocycles. The number of hydrogen-bond acceptors (Lipinski definition) is 3. The first-order valence-electron chi connectivity index (χ1n) is 5.78. The molecule has 0 spiro atoms. The fraction of sp³-hybridized carbons (Fsp3) is 0.818. The fourth-order valence-corrected chi connectivity index (χ4v) is 1.98. The molecule has 0 bridgehead atoms. The predicted octanol–water partition coefficient (Wildman–Crippen LogP) is 0.837. The van der Waals surface area contributed by atoms with Crippen molar-refractivity contribution in [1.82, 2.24) is 4.90 Å². The molecule has 1 aliphatic rings. The molecule has 1 heterocycles. The summed E-state index contributed by atoms with van der Waals surface area (Å²) < 4.78 is 28.1. The van der Waals surface area contributed by atoms with E-state index in [1.54, 1.807) is 6.92 Å². The molecule has 18 heavy (non-hydrogen) atoms. The lowest BCUT2D eigenvalue weighted by Crippen LogP contribution is -2.30. The largest absolute Gasteiger partial charge is 0.481 e. The molecule has 104 valence electrons. The van der Waals surface area contributed by atoms with Gasteiger partial charge in [0.2, 0.25) is 5.91 Å². The average Bonchev–Trinajstić information content (AvgIpc) is 2.66. The van der Waals surface area contributed by atoms with Gasteiger partial charge < -0.3 is 14.7 Å². The number of hydrogen-bond donors (Lipinski definition) is 1. The van der Waals surface area contributed by atoms with Crippen LogP contribution in [0.2, 0.25) is 0 Å². The Balaban J connectivity index is 2.29. The molecule has 1 rings (SSSR count). The van der Waals surface area contributed by atoms with E-state index in [2.05, 4.69) is 4.74 Å². The first kappa shape index (κ1) is 14.8. The molecule has 7 heteroatoms. The van der Waals surface area contributed by atoms with Gasteiger partial charge in [-0.3, -0.25) is 9.59 Å². The monoisotopic (exact) mass is 265 g/mol. The van der Waals surface area contributed by atoms with E-state index in [0.29, 0.717) is 6.54 Å². The first-order valence-corrected chi connectivity index (χ1v) is 5.78. The van der Waals surface area contributed by atoms with Gasteiger partial charge in [-0.1, -0.05) is 6.92 Å². The number of aliphatic carboxylic acids is 1. The summed E-state index contributed by atoms with van der Waals surface area (Å²) in [6.45, 7) is 1.61. The van der Waals surface area contributed by atoms with E-state index in [9.17, 15) is 18.4 Å². The number of carboxylic acid groups (broad SMARTS) is 1. The Hall–Kier alpha value is -1.24. The molecule has 2 atom stereocenters. The van der Waals surface area contributed by atoms with Gasteiger partial charge in [0.15, 0.2) is 0 Å². The Morgan fingerprint density at radius 2 is 2.11 bits per heavy atom. The maximum atomic E-state index is 11.8. The molecule has 0 aromatic rings. The lowest BCUT2D eigenvalue weighted by atomic mass is 9.99. The number of ether oxygens (including phenoxy) is 1. The summed E-state index contributed by atoms with van der Waals surface area (Å²) in [5, 5.41) is 8.91. The maximum Gasteiger partial charge on any atom is 0.308 e. The Labute approximate surface area is 104 Å². The molecule has 0 aliphatic carbocycles. The van der Waals surface area contributed by atoms with Crippen LogP contribution in [-0.4, -0.2) is 54.6 Å². The first-order chi connectivity index (χ1) is 8.41. The summed E-state index contributed by atoms with van der Waals surface area (Å²) in [5.41, 5.74) is 0. The lowest BCUT2D eigenvalue weighted by Gasteiger charge is -2.15. The van der Waals surface area contributed by atoms with Crippen molar-refractivity contribution in [2.75, 3.05) is 26.3 Å². The molecule has 1 saturated heterocycles. The minimum Gasteiger partial charge on any atom is -0.481 e. The van der Waals surface area contributed by atoms with Gasteiger partial charge >= 0.3 is 5.97 Å². The van der Waals surface area contributed by atoms with Gasteiger partial charge in [-0.25, -0.2) is 8.78 Å². The van der Waals surface area contributed by atoms with Gasteiger partial charge in [-0.2, -0.15) is 0 Å². The van der Waals surface area contributed by atoms with Crippen molar-refractivity contribution in [2.24, 2.45) is 11.8 Å². The highest BCUT2D eigenvalue weighted by Gasteiger charge is 2.36. The van der Waals surface area contributed by atoms with Crippen molar-refractivity contribution in [3.8, 4) is 0 Å². The van der Waals surface area contributed by atoms with Crippen LogP contribution in [0, 0.1) is 11.8 Å². The number of nitrogens with zero attached hydrogens (tertiary/aromatic N) is 1. The zero-order valence-electron chi connectivity index (χ0n) is 10.1. The molecule has 1 amide bonds. The number of carboxylic acids is 1.